The Morgan fingerprint density at radius 2 is 2.12 bits per heavy atom. The largest absolute Gasteiger partial charge is 0.478 e. The number of nitrogens with zero attached hydrogens (tertiary/aromatic N) is 2. The lowest BCUT2D eigenvalue weighted by molar-refractivity contribution is 0.0697. The molecule has 2 aliphatic rings. The zero-order chi connectivity index (χ0) is 16.7. The van der Waals surface area contributed by atoms with E-state index < -0.39 is 5.97 Å². The van der Waals surface area contributed by atoms with Crippen molar-refractivity contribution in [2.24, 2.45) is 0 Å². The monoisotopic (exact) mass is 325 g/mol. The standard InChI is InChI=1S/C19H23N3O2/c1-12-16(11-21-22(12)18-3-2-4-18)10-20-17-8-13-5-6-14(19(23)24)7-15(13)9-17/h5-7,11,17-18,20H,2-4,8-10H2,1H3,(H,23,24). The van der Waals surface area contributed by atoms with Crippen LogP contribution in [0.4, 0.5) is 0 Å². The van der Waals surface area contributed by atoms with E-state index >= 15 is 0 Å². The van der Waals surface area contributed by atoms with Crippen molar-refractivity contribution in [1.29, 1.82) is 0 Å². The van der Waals surface area contributed by atoms with E-state index in [1.807, 2.05) is 18.3 Å². The zero-order valence-corrected chi connectivity index (χ0v) is 14.0. The van der Waals surface area contributed by atoms with Crippen molar-refractivity contribution in [1.82, 2.24) is 15.1 Å². The molecule has 5 nitrogen and oxygen atoms in total. The Bertz CT molecular complexity index is 777. The molecule has 4 rings (SSSR count). The Kier molecular flexibility index (Phi) is 3.88. The van der Waals surface area contributed by atoms with Crippen LogP contribution < -0.4 is 5.32 Å². The third-order valence-corrected chi connectivity index (χ3v) is 5.53. The van der Waals surface area contributed by atoms with Crippen LogP contribution in [0.15, 0.2) is 24.4 Å². The highest BCUT2D eigenvalue weighted by Crippen LogP contribution is 2.32. The lowest BCUT2D eigenvalue weighted by atomic mass is 9.93. The summed E-state index contributed by atoms with van der Waals surface area (Å²) in [5.41, 5.74) is 5.35. The van der Waals surface area contributed by atoms with Gasteiger partial charge < -0.3 is 10.4 Å². The summed E-state index contributed by atoms with van der Waals surface area (Å²) in [6.45, 7) is 2.98. The summed E-state index contributed by atoms with van der Waals surface area (Å²) in [5.74, 6) is -0.853. The van der Waals surface area contributed by atoms with Gasteiger partial charge in [-0.2, -0.15) is 5.10 Å². The minimum absolute atomic E-state index is 0.371. The van der Waals surface area contributed by atoms with Gasteiger partial charge in [0.1, 0.15) is 0 Å². The Balaban J connectivity index is 1.39. The maximum absolute atomic E-state index is 11.1. The average Bonchev–Trinajstić information content (AvgIpc) is 3.07. The molecule has 2 N–H and O–H groups in total. The topological polar surface area (TPSA) is 67.2 Å². The van der Waals surface area contributed by atoms with Gasteiger partial charge in [0.15, 0.2) is 0 Å². The lowest BCUT2D eigenvalue weighted by Crippen LogP contribution is -2.29. The summed E-state index contributed by atoms with van der Waals surface area (Å²) < 4.78 is 2.18. The second kappa shape index (κ2) is 6.06. The molecule has 1 heterocycles. The summed E-state index contributed by atoms with van der Waals surface area (Å²) in [6.07, 6.45) is 7.66. The molecular formula is C19H23N3O2. The van der Waals surface area contributed by atoms with Gasteiger partial charge >= 0.3 is 5.97 Å². The number of aromatic nitrogens is 2. The number of benzene rings is 1. The molecule has 0 bridgehead atoms. The molecule has 24 heavy (non-hydrogen) atoms. The quantitative estimate of drug-likeness (QED) is 0.887. The van der Waals surface area contributed by atoms with E-state index in [1.165, 1.54) is 36.1 Å². The molecule has 1 unspecified atom stereocenters. The van der Waals surface area contributed by atoms with Crippen LogP contribution in [0.1, 0.15) is 58.0 Å². The van der Waals surface area contributed by atoms with Crippen LogP contribution in [0.5, 0.6) is 0 Å². The fraction of sp³-hybridized carbons (Fsp3) is 0.474. The molecule has 1 aromatic heterocycles. The highest BCUT2D eigenvalue weighted by Gasteiger charge is 2.24. The first kappa shape index (κ1) is 15.4. The molecule has 5 heteroatoms. The Labute approximate surface area is 141 Å². The van der Waals surface area contributed by atoms with Crippen LogP contribution >= 0.6 is 0 Å². The molecule has 0 radical (unpaired) electrons. The number of carboxylic acid groups (broad SMARTS) is 1. The molecule has 0 amide bonds. The van der Waals surface area contributed by atoms with Gasteiger partial charge in [0, 0.05) is 23.8 Å². The van der Waals surface area contributed by atoms with Crippen molar-refractivity contribution in [3.63, 3.8) is 0 Å². The fourth-order valence-corrected chi connectivity index (χ4v) is 3.78. The summed E-state index contributed by atoms with van der Waals surface area (Å²) >= 11 is 0. The third kappa shape index (κ3) is 2.73. The molecule has 0 spiro atoms. The number of carboxylic acids is 1. The van der Waals surface area contributed by atoms with Crippen molar-refractivity contribution in [2.75, 3.05) is 0 Å². The smallest absolute Gasteiger partial charge is 0.335 e. The molecule has 1 fully saturated rings. The Hall–Kier alpha value is -2.14. The minimum Gasteiger partial charge on any atom is -0.478 e. The van der Waals surface area contributed by atoms with Crippen LogP contribution in [0.25, 0.3) is 0 Å². The van der Waals surface area contributed by atoms with Crippen LogP contribution in [-0.4, -0.2) is 26.9 Å². The van der Waals surface area contributed by atoms with Gasteiger partial charge in [-0.25, -0.2) is 4.79 Å². The van der Waals surface area contributed by atoms with E-state index in [0.29, 0.717) is 17.6 Å². The van der Waals surface area contributed by atoms with E-state index in [2.05, 4.69) is 22.0 Å². The van der Waals surface area contributed by atoms with E-state index in [-0.39, 0.29) is 0 Å². The maximum Gasteiger partial charge on any atom is 0.335 e. The van der Waals surface area contributed by atoms with Gasteiger partial charge in [0.2, 0.25) is 0 Å². The zero-order valence-electron chi connectivity index (χ0n) is 14.0. The second-order valence-corrected chi connectivity index (χ2v) is 7.06. The van der Waals surface area contributed by atoms with Crippen molar-refractivity contribution in [3.8, 4) is 0 Å². The number of nitrogens with one attached hydrogen (secondary N) is 1. The molecule has 1 aromatic carbocycles. The number of rotatable bonds is 5. The summed E-state index contributed by atoms with van der Waals surface area (Å²) in [6, 6.07) is 6.45. The van der Waals surface area contributed by atoms with Gasteiger partial charge in [0.05, 0.1) is 17.8 Å². The van der Waals surface area contributed by atoms with E-state index in [9.17, 15) is 4.79 Å². The predicted molar refractivity (Wildman–Crippen MR) is 91.3 cm³/mol. The van der Waals surface area contributed by atoms with Crippen LogP contribution in [0.3, 0.4) is 0 Å². The van der Waals surface area contributed by atoms with Crippen LogP contribution in [0, 0.1) is 6.92 Å². The average molecular weight is 325 g/mol. The lowest BCUT2D eigenvalue weighted by Gasteiger charge is -2.27. The summed E-state index contributed by atoms with van der Waals surface area (Å²) in [5, 5.41) is 17.3. The molecule has 1 atom stereocenters. The first-order valence-electron chi connectivity index (χ1n) is 8.73. The molecule has 0 aliphatic heterocycles. The second-order valence-electron chi connectivity index (χ2n) is 7.06. The van der Waals surface area contributed by atoms with E-state index in [4.69, 9.17) is 5.11 Å². The molecule has 1 saturated carbocycles. The van der Waals surface area contributed by atoms with Gasteiger partial charge in [-0.1, -0.05) is 6.07 Å². The highest BCUT2D eigenvalue weighted by atomic mass is 16.4. The highest BCUT2D eigenvalue weighted by molar-refractivity contribution is 5.88. The minimum atomic E-state index is -0.853. The van der Waals surface area contributed by atoms with E-state index in [1.54, 1.807) is 6.07 Å². The van der Waals surface area contributed by atoms with E-state index in [0.717, 1.165) is 24.9 Å². The van der Waals surface area contributed by atoms with Crippen LogP contribution in [0.2, 0.25) is 0 Å². The van der Waals surface area contributed by atoms with Gasteiger partial charge in [-0.15, -0.1) is 0 Å². The normalized spacial score (nSPS) is 20.0. The first-order chi connectivity index (χ1) is 11.6. The summed E-state index contributed by atoms with van der Waals surface area (Å²) in [4.78, 5) is 11.1. The number of carbonyl (C=O) groups is 1. The van der Waals surface area contributed by atoms with Gasteiger partial charge in [-0.05, 0) is 62.3 Å². The molecule has 2 aliphatic carbocycles. The maximum atomic E-state index is 11.1. The number of fused-ring (bicyclic) bond motifs is 1. The van der Waals surface area contributed by atoms with Crippen molar-refractivity contribution < 1.29 is 9.90 Å². The van der Waals surface area contributed by atoms with Crippen molar-refractivity contribution in [3.05, 3.63) is 52.3 Å². The molecule has 2 aromatic rings. The fourth-order valence-electron chi connectivity index (χ4n) is 3.78. The van der Waals surface area contributed by atoms with Crippen LogP contribution in [-0.2, 0) is 19.4 Å². The Morgan fingerprint density at radius 1 is 1.33 bits per heavy atom. The van der Waals surface area contributed by atoms with Gasteiger partial charge in [0.25, 0.3) is 0 Å². The molecule has 126 valence electrons. The Morgan fingerprint density at radius 3 is 2.83 bits per heavy atom. The number of hydrogen-bond acceptors (Lipinski definition) is 3. The van der Waals surface area contributed by atoms with Crippen molar-refractivity contribution >= 4 is 5.97 Å². The first-order valence-corrected chi connectivity index (χ1v) is 8.73. The SMILES string of the molecule is Cc1c(CNC2Cc3ccc(C(=O)O)cc3C2)cnn1C1CCC1. The van der Waals surface area contributed by atoms with Crippen molar-refractivity contribution in [2.45, 2.75) is 57.7 Å². The molecule has 0 saturated heterocycles. The predicted octanol–water partition coefficient (Wildman–Crippen LogP) is 2.87. The number of aromatic carboxylic acids is 1. The third-order valence-electron chi connectivity index (χ3n) is 5.53. The van der Waals surface area contributed by atoms with Gasteiger partial charge in [-0.3, -0.25) is 4.68 Å². The molecular weight excluding hydrogens is 302 g/mol. The number of hydrogen-bond donors (Lipinski definition) is 2. The summed E-state index contributed by atoms with van der Waals surface area (Å²) in [7, 11) is 0.